The van der Waals surface area contributed by atoms with Crippen LogP contribution in [0.15, 0.2) is 114 Å². The van der Waals surface area contributed by atoms with Crippen molar-refractivity contribution in [3.8, 4) is 0 Å². The van der Waals surface area contributed by atoms with Gasteiger partial charge in [0, 0.05) is 0 Å². The Morgan fingerprint density at radius 2 is 0.560 bits per heavy atom. The maximum atomic E-state index is 15.1. The molecule has 0 bridgehead atoms. The van der Waals surface area contributed by atoms with E-state index in [1.54, 1.807) is 0 Å². The number of aliphatic hydroxyl groups excluding tert-OH is 3. The van der Waals surface area contributed by atoms with E-state index in [4.69, 9.17) is 13.6 Å². The van der Waals surface area contributed by atoms with E-state index in [-0.39, 0.29) is 36.5 Å². The van der Waals surface area contributed by atoms with Crippen molar-refractivity contribution in [2.75, 3.05) is 0 Å². The van der Waals surface area contributed by atoms with Gasteiger partial charge in [-0.2, -0.15) is 0 Å². The molecule has 16 nitrogen and oxygen atoms in total. The predicted molar refractivity (Wildman–Crippen MR) is 174 cm³/mol. The molecule has 0 aliphatic heterocycles. The highest BCUT2D eigenvalue weighted by atomic mass is 31.2. The zero-order valence-corrected chi connectivity index (χ0v) is 27.3. The van der Waals surface area contributed by atoms with Gasteiger partial charge in [-0.1, -0.05) is 59.2 Å². The van der Waals surface area contributed by atoms with E-state index in [1.165, 1.54) is 0 Å². The van der Waals surface area contributed by atoms with Crippen molar-refractivity contribution < 1.29 is 76.6 Å². The fourth-order valence-corrected chi connectivity index (χ4v) is 6.03. The molecule has 0 radical (unpaired) electrons. The maximum absolute atomic E-state index is 15.1. The minimum atomic E-state index is -6.95. The van der Waals surface area contributed by atoms with E-state index in [0.717, 1.165) is 0 Å². The van der Waals surface area contributed by atoms with E-state index in [2.05, 4.69) is 59.2 Å². The van der Waals surface area contributed by atoms with Gasteiger partial charge in [-0.25, -0.2) is 4.57 Å². The van der Waals surface area contributed by atoms with Crippen LogP contribution in [-0.4, -0.2) is 102 Å². The molecule has 0 amide bonds. The van der Waals surface area contributed by atoms with Crippen molar-refractivity contribution >= 4 is 59.9 Å². The number of phosphoric acid groups is 1. The lowest BCUT2D eigenvalue weighted by molar-refractivity contribution is -0.176. The molecule has 0 spiro atoms. The third-order valence-corrected chi connectivity index (χ3v) is 8.18. The van der Waals surface area contributed by atoms with Crippen LogP contribution in [0, 0.1) is 0 Å². The number of aliphatic hydroxyl groups is 3. The standard InChI is InChI=1S/C33H33O16P/c1-10-19(34)28(43)31(22(37)13-4,23(38)14-5)47-50(46,48-32(24(39)15-6,25(40)16-7)29(44)20(35)11-2)49-33(26(41)17-8,27(42)18-9)30(45)21(36)12-3/h10-18,28-30,43-45H,1-9H2. The zero-order valence-electron chi connectivity index (χ0n) is 26.4. The smallest absolute Gasteiger partial charge is 0.381 e. The average molecular weight is 717 g/mol. The number of hydrogen-bond acceptors (Lipinski definition) is 16. The molecule has 266 valence electrons. The number of carbonyl (C=O) groups excluding carboxylic acids is 9. The molecule has 0 fully saturated rings. The summed E-state index contributed by atoms with van der Waals surface area (Å²) >= 11 is 0. The molecule has 0 aliphatic rings. The Morgan fingerprint density at radius 1 is 0.400 bits per heavy atom. The number of hydrogen-bond donors (Lipinski definition) is 3. The Kier molecular flexibility index (Phi) is 16.0. The van der Waals surface area contributed by atoms with Crippen LogP contribution in [0.4, 0.5) is 0 Å². The van der Waals surface area contributed by atoms with Crippen LogP contribution in [0.5, 0.6) is 0 Å². The van der Waals surface area contributed by atoms with Crippen LogP contribution >= 0.6 is 7.82 Å². The van der Waals surface area contributed by atoms with E-state index in [9.17, 15) is 58.5 Å². The molecule has 3 unspecified atom stereocenters. The first-order valence-corrected chi connectivity index (χ1v) is 14.9. The molecule has 0 aromatic rings. The third-order valence-electron chi connectivity index (χ3n) is 6.64. The molecule has 0 saturated heterocycles. The van der Waals surface area contributed by atoms with Crippen LogP contribution in [0.1, 0.15) is 0 Å². The van der Waals surface area contributed by atoms with Gasteiger partial charge in [0.25, 0.3) is 0 Å². The van der Waals surface area contributed by atoms with Crippen LogP contribution < -0.4 is 0 Å². The number of ketones is 9. The second kappa shape index (κ2) is 17.9. The molecule has 17 heteroatoms. The summed E-state index contributed by atoms with van der Waals surface area (Å²) in [6.45, 7) is 27.7. The van der Waals surface area contributed by atoms with Crippen LogP contribution in [0.25, 0.3) is 0 Å². The molecule has 0 heterocycles. The van der Waals surface area contributed by atoms with E-state index < -0.39 is 95.0 Å². The van der Waals surface area contributed by atoms with Gasteiger partial charge in [0.1, 0.15) is 0 Å². The molecule has 3 N–H and O–H groups in total. The summed E-state index contributed by atoms with van der Waals surface area (Å²) in [5, 5.41) is 33.0. The van der Waals surface area contributed by atoms with Gasteiger partial charge >= 0.3 is 7.82 Å². The summed E-state index contributed by atoms with van der Waals surface area (Å²) in [4.78, 5) is 118. The number of carbonyl (C=O) groups is 9. The summed E-state index contributed by atoms with van der Waals surface area (Å²) in [6, 6.07) is 0. The zero-order chi connectivity index (χ0) is 39.4. The lowest BCUT2D eigenvalue weighted by atomic mass is 9.84. The van der Waals surface area contributed by atoms with Gasteiger partial charge in [0.05, 0.1) is 0 Å². The SMILES string of the molecule is C=CC(=O)C(O)C(OP(=O)(OC(C(=O)C=C)(C(=O)C=C)C(O)C(=O)C=C)OC(C(=O)C=C)(C(=O)C=C)C(O)C(=O)C=C)(C(=O)C=C)C(=O)C=C. The number of rotatable bonds is 27. The van der Waals surface area contributed by atoms with E-state index in [0.29, 0.717) is 18.2 Å². The summed E-state index contributed by atoms with van der Waals surface area (Å²) in [6.07, 6.45) is -7.31. The Morgan fingerprint density at radius 3 is 0.680 bits per heavy atom. The van der Waals surface area contributed by atoms with Crippen LogP contribution in [-0.2, 0) is 61.3 Å². The molecule has 0 aromatic heterocycles. The Labute approximate surface area is 285 Å². The maximum Gasteiger partial charge on any atom is 0.479 e. The van der Waals surface area contributed by atoms with Crippen molar-refractivity contribution in [2.45, 2.75) is 35.1 Å². The normalized spacial score (nSPS) is 14.4. The minimum Gasteiger partial charge on any atom is -0.381 e. The molecule has 0 aliphatic carbocycles. The quantitative estimate of drug-likeness (QED) is 0.0584. The fraction of sp³-hybridized carbons (Fsp3) is 0.182. The van der Waals surface area contributed by atoms with Crippen molar-refractivity contribution in [3.05, 3.63) is 114 Å². The number of phosphoric ester groups is 1. The van der Waals surface area contributed by atoms with Gasteiger partial charge in [-0.3, -0.25) is 56.7 Å². The molecule has 0 saturated carbocycles. The summed E-state index contributed by atoms with van der Waals surface area (Å²) in [7, 11) is -6.95. The second-order valence-corrected chi connectivity index (χ2v) is 10.8. The molecule has 0 rings (SSSR count). The lowest BCUT2D eigenvalue weighted by Crippen LogP contribution is -2.63. The van der Waals surface area contributed by atoms with Gasteiger partial charge in [0.15, 0.2) is 70.4 Å². The van der Waals surface area contributed by atoms with Crippen molar-refractivity contribution in [1.29, 1.82) is 0 Å². The Bertz CT molecular complexity index is 1410. The third kappa shape index (κ3) is 7.93. The highest BCUT2D eigenvalue weighted by Gasteiger charge is 2.67. The van der Waals surface area contributed by atoms with Gasteiger partial charge in [0.2, 0.25) is 16.8 Å². The molecular formula is C33H33O16P. The first-order chi connectivity index (χ1) is 23.2. The first kappa shape index (κ1) is 44.7. The largest absolute Gasteiger partial charge is 0.479 e. The monoisotopic (exact) mass is 716 g/mol. The van der Waals surface area contributed by atoms with Crippen molar-refractivity contribution in [3.63, 3.8) is 0 Å². The lowest BCUT2D eigenvalue weighted by Gasteiger charge is -2.41. The molecule has 3 atom stereocenters. The van der Waals surface area contributed by atoms with Crippen LogP contribution in [0.3, 0.4) is 0 Å². The van der Waals surface area contributed by atoms with E-state index >= 15 is 4.57 Å². The van der Waals surface area contributed by atoms with E-state index in [1.807, 2.05) is 0 Å². The van der Waals surface area contributed by atoms with Crippen molar-refractivity contribution in [2.24, 2.45) is 0 Å². The Hall–Kier alpha value is -5.32. The second-order valence-electron chi connectivity index (χ2n) is 9.37. The Balaban J connectivity index is 9.14. The van der Waals surface area contributed by atoms with Crippen molar-refractivity contribution in [1.82, 2.24) is 0 Å². The summed E-state index contributed by atoms with van der Waals surface area (Å²) in [5.41, 5.74) is -12.0. The average Bonchev–Trinajstić information content (AvgIpc) is 3.13. The fourth-order valence-electron chi connectivity index (χ4n) is 4.02. The highest BCUT2D eigenvalue weighted by Crippen LogP contribution is 2.60. The first-order valence-electron chi connectivity index (χ1n) is 13.5. The van der Waals surface area contributed by atoms with Gasteiger partial charge < -0.3 is 15.3 Å². The molecule has 50 heavy (non-hydrogen) atoms. The summed E-state index contributed by atoms with van der Waals surface area (Å²) in [5.74, 6) is -16.3. The van der Waals surface area contributed by atoms with Gasteiger partial charge in [-0.05, 0) is 54.7 Å². The molecular weight excluding hydrogens is 683 g/mol. The topological polar surface area (TPSA) is 259 Å². The summed E-state index contributed by atoms with van der Waals surface area (Å²) < 4.78 is 30.5. The molecule has 0 aromatic carbocycles. The highest BCUT2D eigenvalue weighted by molar-refractivity contribution is 7.49. The predicted octanol–water partition coefficient (Wildman–Crippen LogP) is 0.239. The minimum absolute atomic E-state index is 0.200. The van der Waals surface area contributed by atoms with Crippen LogP contribution in [0.2, 0.25) is 0 Å². The van der Waals surface area contributed by atoms with Gasteiger partial charge in [-0.15, -0.1) is 0 Å².